The first kappa shape index (κ1) is 14.3. The summed E-state index contributed by atoms with van der Waals surface area (Å²) in [6.07, 6.45) is 17.9. The molecule has 3 unspecified atom stereocenters. The molecule has 0 amide bonds. The van der Waals surface area contributed by atoms with E-state index in [2.05, 4.69) is 19.9 Å². The molecule has 1 nitrogen and oxygen atoms in total. The zero-order valence-electron chi connectivity index (χ0n) is 14.1. The van der Waals surface area contributed by atoms with Gasteiger partial charge in [0.15, 0.2) is 0 Å². The highest BCUT2D eigenvalue weighted by Gasteiger charge is 2.60. The molecule has 21 heavy (non-hydrogen) atoms. The molecule has 0 spiro atoms. The van der Waals surface area contributed by atoms with Crippen LogP contribution in [0.5, 0.6) is 0 Å². The third-order valence-electron chi connectivity index (χ3n) is 7.20. The lowest BCUT2D eigenvalue weighted by atomic mass is 9.39. The molecule has 1 heteroatoms. The van der Waals surface area contributed by atoms with Gasteiger partial charge in [0.25, 0.3) is 0 Å². The van der Waals surface area contributed by atoms with E-state index in [1.807, 2.05) is 0 Å². The first-order valence-corrected chi connectivity index (χ1v) is 9.34. The van der Waals surface area contributed by atoms with E-state index >= 15 is 0 Å². The van der Waals surface area contributed by atoms with Crippen LogP contribution >= 0.6 is 0 Å². The molecule has 3 atom stereocenters. The first-order valence-electron chi connectivity index (χ1n) is 9.34. The van der Waals surface area contributed by atoms with E-state index in [1.54, 1.807) is 5.57 Å². The zero-order valence-corrected chi connectivity index (χ0v) is 14.1. The minimum atomic E-state index is 0.355. The van der Waals surface area contributed by atoms with E-state index in [1.165, 1.54) is 70.6 Å². The molecule has 4 fully saturated rings. The molecule has 0 aromatic rings. The van der Waals surface area contributed by atoms with Crippen LogP contribution in [0.15, 0.2) is 11.6 Å². The van der Waals surface area contributed by atoms with Crippen molar-refractivity contribution in [2.45, 2.75) is 90.5 Å². The summed E-state index contributed by atoms with van der Waals surface area (Å²) in [6, 6.07) is 0.355. The van der Waals surface area contributed by atoms with E-state index in [-0.39, 0.29) is 0 Å². The molecule has 118 valence electrons. The predicted molar refractivity (Wildman–Crippen MR) is 89.0 cm³/mol. The highest BCUT2D eigenvalue weighted by molar-refractivity contribution is 5.17. The van der Waals surface area contributed by atoms with Crippen LogP contribution < -0.4 is 5.73 Å². The number of hydrogen-bond acceptors (Lipinski definition) is 1. The summed E-state index contributed by atoms with van der Waals surface area (Å²) >= 11 is 0. The Morgan fingerprint density at radius 2 is 1.81 bits per heavy atom. The highest BCUT2D eigenvalue weighted by Crippen LogP contribution is 2.70. The number of nitrogens with two attached hydrogens (primary N) is 1. The van der Waals surface area contributed by atoms with E-state index in [0.29, 0.717) is 22.3 Å². The van der Waals surface area contributed by atoms with Crippen molar-refractivity contribution in [3.05, 3.63) is 11.6 Å². The number of hydrogen-bond donors (Lipinski definition) is 1. The van der Waals surface area contributed by atoms with Crippen LogP contribution in [0.3, 0.4) is 0 Å². The molecule has 0 aliphatic heterocycles. The van der Waals surface area contributed by atoms with Gasteiger partial charge in [-0.1, -0.05) is 25.5 Å². The molecular weight excluding hydrogens is 254 g/mol. The molecule has 5 rings (SSSR count). The van der Waals surface area contributed by atoms with Crippen LogP contribution in [0, 0.1) is 22.2 Å². The van der Waals surface area contributed by atoms with Crippen molar-refractivity contribution < 1.29 is 0 Å². The first-order chi connectivity index (χ1) is 9.90. The van der Waals surface area contributed by atoms with Gasteiger partial charge in [-0.25, -0.2) is 0 Å². The van der Waals surface area contributed by atoms with Gasteiger partial charge in [0.1, 0.15) is 0 Å². The standard InChI is InChI=1S/C20H33N/c1-18-8-15-9-19(2,12-18)14-20(10-15,13-18)11-17(21)16-6-4-3-5-7-16/h6,15,17H,3-5,7-14,21H2,1-2H3. The maximum Gasteiger partial charge on any atom is 0.0258 e. The summed E-state index contributed by atoms with van der Waals surface area (Å²) in [5.41, 5.74) is 10.1. The summed E-state index contributed by atoms with van der Waals surface area (Å²) in [5, 5.41) is 0. The Hall–Kier alpha value is -0.300. The fraction of sp³-hybridized carbons (Fsp3) is 0.900. The quantitative estimate of drug-likeness (QED) is 0.709. The fourth-order valence-corrected chi connectivity index (χ4v) is 7.71. The molecule has 4 saturated carbocycles. The minimum absolute atomic E-state index is 0.355. The predicted octanol–water partition coefficient (Wildman–Crippen LogP) is 5.20. The second-order valence-corrected chi connectivity index (χ2v) is 9.97. The third-order valence-corrected chi connectivity index (χ3v) is 7.20. The van der Waals surface area contributed by atoms with Gasteiger partial charge in [-0.05, 0) is 92.8 Å². The summed E-state index contributed by atoms with van der Waals surface area (Å²) < 4.78 is 0. The topological polar surface area (TPSA) is 26.0 Å². The average molecular weight is 287 g/mol. The molecule has 0 aromatic carbocycles. The third kappa shape index (κ3) is 2.50. The van der Waals surface area contributed by atoms with Crippen molar-refractivity contribution in [1.82, 2.24) is 0 Å². The van der Waals surface area contributed by atoms with E-state index < -0.39 is 0 Å². The molecular formula is C20H33N. The maximum absolute atomic E-state index is 6.69. The molecule has 2 N–H and O–H groups in total. The molecule has 0 radical (unpaired) electrons. The Morgan fingerprint density at radius 3 is 2.38 bits per heavy atom. The summed E-state index contributed by atoms with van der Waals surface area (Å²) in [6.45, 7) is 5.16. The van der Waals surface area contributed by atoms with Crippen molar-refractivity contribution in [2.24, 2.45) is 27.9 Å². The Labute approximate surface area is 130 Å². The molecule has 5 aliphatic carbocycles. The summed E-state index contributed by atoms with van der Waals surface area (Å²) in [5.74, 6) is 1.00. The molecule has 5 aliphatic rings. The van der Waals surface area contributed by atoms with Gasteiger partial charge in [0.05, 0.1) is 0 Å². The largest absolute Gasteiger partial charge is 0.324 e. The van der Waals surface area contributed by atoms with Gasteiger partial charge in [0, 0.05) is 6.04 Å². The van der Waals surface area contributed by atoms with Gasteiger partial charge in [0.2, 0.25) is 0 Å². The van der Waals surface area contributed by atoms with Gasteiger partial charge in [-0.2, -0.15) is 0 Å². The lowest BCUT2D eigenvalue weighted by Crippen LogP contribution is -2.56. The lowest BCUT2D eigenvalue weighted by Gasteiger charge is -2.66. The van der Waals surface area contributed by atoms with Gasteiger partial charge < -0.3 is 5.73 Å². The summed E-state index contributed by atoms with van der Waals surface area (Å²) in [7, 11) is 0. The van der Waals surface area contributed by atoms with E-state index in [9.17, 15) is 0 Å². The zero-order chi connectivity index (χ0) is 14.7. The van der Waals surface area contributed by atoms with Gasteiger partial charge >= 0.3 is 0 Å². The number of rotatable bonds is 3. The van der Waals surface area contributed by atoms with Crippen molar-refractivity contribution in [3.63, 3.8) is 0 Å². The van der Waals surface area contributed by atoms with E-state index in [0.717, 1.165) is 5.92 Å². The Morgan fingerprint density at radius 1 is 1.10 bits per heavy atom. The average Bonchev–Trinajstić information content (AvgIpc) is 2.34. The molecule has 4 bridgehead atoms. The van der Waals surface area contributed by atoms with Gasteiger partial charge in [-0.3, -0.25) is 0 Å². The van der Waals surface area contributed by atoms with E-state index in [4.69, 9.17) is 5.73 Å². The SMILES string of the molecule is CC12CC3CC(C)(C1)CC(CC(N)C1=CCCCC1)(C3)C2. The normalized spacial score (nSPS) is 50.0. The number of allylic oxidation sites excluding steroid dienone is 1. The van der Waals surface area contributed by atoms with Crippen LogP contribution in [0.2, 0.25) is 0 Å². The van der Waals surface area contributed by atoms with Crippen LogP contribution in [-0.2, 0) is 0 Å². The minimum Gasteiger partial charge on any atom is -0.324 e. The second-order valence-electron chi connectivity index (χ2n) is 9.97. The Bertz CT molecular complexity index is 444. The van der Waals surface area contributed by atoms with Gasteiger partial charge in [-0.15, -0.1) is 0 Å². The second kappa shape index (κ2) is 4.60. The smallest absolute Gasteiger partial charge is 0.0258 e. The monoisotopic (exact) mass is 287 g/mol. The highest BCUT2D eigenvalue weighted by atomic mass is 14.7. The van der Waals surface area contributed by atoms with Crippen molar-refractivity contribution >= 4 is 0 Å². The van der Waals surface area contributed by atoms with Crippen molar-refractivity contribution in [3.8, 4) is 0 Å². The Balaban J connectivity index is 1.55. The van der Waals surface area contributed by atoms with Crippen molar-refractivity contribution in [1.29, 1.82) is 0 Å². The summed E-state index contributed by atoms with van der Waals surface area (Å²) in [4.78, 5) is 0. The van der Waals surface area contributed by atoms with Crippen LogP contribution in [-0.4, -0.2) is 6.04 Å². The van der Waals surface area contributed by atoms with Crippen LogP contribution in [0.1, 0.15) is 84.5 Å². The lowest BCUT2D eigenvalue weighted by molar-refractivity contribution is -0.148. The maximum atomic E-state index is 6.69. The molecule has 0 heterocycles. The molecule has 0 saturated heterocycles. The molecule has 0 aromatic heterocycles. The van der Waals surface area contributed by atoms with Crippen LogP contribution in [0.4, 0.5) is 0 Å². The fourth-order valence-electron chi connectivity index (χ4n) is 7.71. The van der Waals surface area contributed by atoms with Crippen LogP contribution in [0.25, 0.3) is 0 Å². The van der Waals surface area contributed by atoms with Crippen molar-refractivity contribution in [2.75, 3.05) is 0 Å². The Kier molecular flexibility index (Phi) is 3.13.